The van der Waals surface area contributed by atoms with E-state index in [1.54, 1.807) is 0 Å². The lowest BCUT2D eigenvalue weighted by Crippen LogP contribution is -2.40. The number of hydrogen-bond donors (Lipinski definition) is 1. The molecule has 0 unspecified atom stereocenters. The third kappa shape index (κ3) is 4.06. The van der Waals surface area contributed by atoms with Crippen molar-refractivity contribution >= 4 is 16.9 Å². The number of unbranched alkanes of at least 4 members (excludes halogenated alkanes) is 2. The minimum Gasteiger partial charge on any atom is -0.494 e. The SMILES string of the molecule is CCCCn1c(=O)c2c(nc3n(-c4ccccc4CC)c(=O)c(CCC)c(O)n23)n(CCCC)c1=O. The van der Waals surface area contributed by atoms with Crippen LogP contribution >= 0.6 is 0 Å². The second kappa shape index (κ2) is 10.6. The lowest BCUT2D eigenvalue weighted by molar-refractivity contribution is 0.435. The molecule has 9 nitrogen and oxygen atoms in total. The van der Waals surface area contributed by atoms with Crippen LogP contribution in [-0.4, -0.2) is 28.2 Å². The Bertz CT molecular complexity index is 1590. The summed E-state index contributed by atoms with van der Waals surface area (Å²) in [6.07, 6.45) is 4.75. The molecule has 1 aromatic carbocycles. The standard InChI is InChI=1S/C27H35N5O4/c1-5-9-16-29-22-21(25(35)30(27(29)36)17-10-6-2)32-24(34)19(13-7-3)23(33)31(26(32)28-22)20-15-12-11-14-18(20)8-4/h11-12,14-15,34H,5-10,13,16-17H2,1-4H3. The van der Waals surface area contributed by atoms with Crippen LogP contribution in [0.3, 0.4) is 0 Å². The molecule has 3 heterocycles. The van der Waals surface area contributed by atoms with E-state index in [1.807, 2.05) is 52.0 Å². The maximum absolute atomic E-state index is 13.8. The highest BCUT2D eigenvalue weighted by Gasteiger charge is 2.26. The molecule has 3 aromatic heterocycles. The summed E-state index contributed by atoms with van der Waals surface area (Å²) < 4.78 is 5.61. The van der Waals surface area contributed by atoms with E-state index < -0.39 is 11.2 Å². The molecule has 4 aromatic rings. The van der Waals surface area contributed by atoms with Gasteiger partial charge in [0, 0.05) is 13.1 Å². The molecule has 0 saturated heterocycles. The van der Waals surface area contributed by atoms with Crippen LogP contribution in [0, 0.1) is 0 Å². The molecule has 0 radical (unpaired) electrons. The molecule has 0 atom stereocenters. The Kier molecular flexibility index (Phi) is 7.47. The van der Waals surface area contributed by atoms with Crippen molar-refractivity contribution in [1.82, 2.24) is 23.1 Å². The van der Waals surface area contributed by atoms with Crippen LogP contribution in [0.15, 0.2) is 38.6 Å². The van der Waals surface area contributed by atoms with Crippen LogP contribution in [0.5, 0.6) is 5.88 Å². The summed E-state index contributed by atoms with van der Waals surface area (Å²) in [6.45, 7) is 8.64. The van der Waals surface area contributed by atoms with E-state index in [1.165, 1.54) is 18.1 Å². The number of aryl methyl sites for hydroxylation is 2. The molecular formula is C27H35N5O4. The van der Waals surface area contributed by atoms with Crippen LogP contribution < -0.4 is 16.8 Å². The van der Waals surface area contributed by atoms with Crippen molar-refractivity contribution in [1.29, 1.82) is 0 Å². The van der Waals surface area contributed by atoms with Gasteiger partial charge in [0.05, 0.1) is 11.3 Å². The van der Waals surface area contributed by atoms with Gasteiger partial charge >= 0.3 is 5.69 Å². The fraction of sp³-hybridized carbons (Fsp3) is 0.481. The van der Waals surface area contributed by atoms with Crippen LogP contribution in [0.25, 0.3) is 22.6 Å². The molecule has 0 amide bonds. The van der Waals surface area contributed by atoms with Crippen molar-refractivity contribution in [3.63, 3.8) is 0 Å². The molecule has 4 rings (SSSR count). The predicted octanol–water partition coefficient (Wildman–Crippen LogP) is 3.78. The Morgan fingerprint density at radius 1 is 0.861 bits per heavy atom. The van der Waals surface area contributed by atoms with E-state index in [0.717, 1.165) is 24.8 Å². The summed E-state index contributed by atoms with van der Waals surface area (Å²) >= 11 is 0. The molecule has 0 saturated carbocycles. The van der Waals surface area contributed by atoms with Gasteiger partial charge in [-0.05, 0) is 37.3 Å². The number of para-hydroxylation sites is 1. The van der Waals surface area contributed by atoms with Gasteiger partial charge in [-0.1, -0.05) is 65.2 Å². The number of rotatable bonds is 10. The zero-order valence-electron chi connectivity index (χ0n) is 21.6. The highest BCUT2D eigenvalue weighted by Crippen LogP contribution is 2.25. The number of hydrogen-bond acceptors (Lipinski definition) is 5. The average Bonchev–Trinajstić information content (AvgIpc) is 3.27. The maximum Gasteiger partial charge on any atom is 0.332 e. The fourth-order valence-corrected chi connectivity index (χ4v) is 4.78. The van der Waals surface area contributed by atoms with Gasteiger partial charge in [-0.15, -0.1) is 0 Å². The third-order valence-electron chi connectivity index (χ3n) is 6.73. The number of imidazole rings is 1. The van der Waals surface area contributed by atoms with Crippen molar-refractivity contribution in [3.05, 3.63) is 66.6 Å². The van der Waals surface area contributed by atoms with E-state index in [-0.39, 0.29) is 40.5 Å². The smallest absolute Gasteiger partial charge is 0.332 e. The highest BCUT2D eigenvalue weighted by molar-refractivity contribution is 5.77. The summed E-state index contributed by atoms with van der Waals surface area (Å²) in [5.74, 6) is -0.160. The van der Waals surface area contributed by atoms with Crippen molar-refractivity contribution < 1.29 is 5.11 Å². The lowest BCUT2D eigenvalue weighted by atomic mass is 10.1. The van der Waals surface area contributed by atoms with Gasteiger partial charge in [0.2, 0.25) is 11.7 Å². The van der Waals surface area contributed by atoms with Crippen molar-refractivity contribution in [2.45, 2.75) is 85.7 Å². The highest BCUT2D eigenvalue weighted by atomic mass is 16.3. The zero-order chi connectivity index (χ0) is 26.0. The van der Waals surface area contributed by atoms with E-state index in [0.29, 0.717) is 37.9 Å². The molecule has 192 valence electrons. The molecule has 0 aliphatic carbocycles. The minimum atomic E-state index is -0.504. The zero-order valence-corrected chi connectivity index (χ0v) is 21.6. The van der Waals surface area contributed by atoms with Gasteiger partial charge in [-0.3, -0.25) is 18.7 Å². The number of fused-ring (bicyclic) bond motifs is 3. The largest absolute Gasteiger partial charge is 0.494 e. The first-order chi connectivity index (χ1) is 17.4. The number of benzene rings is 1. The number of aromatic hydroxyl groups is 1. The molecule has 0 fully saturated rings. The summed E-state index contributed by atoms with van der Waals surface area (Å²) in [6, 6.07) is 7.55. The fourth-order valence-electron chi connectivity index (χ4n) is 4.78. The molecule has 1 N–H and O–H groups in total. The van der Waals surface area contributed by atoms with Gasteiger partial charge in [0.1, 0.15) is 0 Å². The van der Waals surface area contributed by atoms with Crippen LogP contribution in [0.4, 0.5) is 0 Å². The normalized spacial score (nSPS) is 11.7. The summed E-state index contributed by atoms with van der Waals surface area (Å²) in [7, 11) is 0. The van der Waals surface area contributed by atoms with Crippen molar-refractivity contribution in [2.24, 2.45) is 0 Å². The Labute approximate surface area is 209 Å². The van der Waals surface area contributed by atoms with Gasteiger partial charge < -0.3 is 5.11 Å². The molecule has 0 bridgehead atoms. The van der Waals surface area contributed by atoms with Crippen LogP contribution in [-0.2, 0) is 25.9 Å². The topological polar surface area (TPSA) is 104 Å². The third-order valence-corrected chi connectivity index (χ3v) is 6.73. The van der Waals surface area contributed by atoms with Gasteiger partial charge in [-0.25, -0.2) is 13.8 Å². The monoisotopic (exact) mass is 493 g/mol. The lowest BCUT2D eigenvalue weighted by Gasteiger charge is -2.15. The van der Waals surface area contributed by atoms with E-state index in [2.05, 4.69) is 0 Å². The minimum absolute atomic E-state index is 0.120. The van der Waals surface area contributed by atoms with E-state index in [4.69, 9.17) is 4.98 Å². The van der Waals surface area contributed by atoms with Crippen LogP contribution in [0.2, 0.25) is 0 Å². The van der Waals surface area contributed by atoms with E-state index >= 15 is 0 Å². The summed E-state index contributed by atoms with van der Waals surface area (Å²) in [5.41, 5.74) is 0.839. The Hall–Kier alpha value is -3.62. The molecular weight excluding hydrogens is 458 g/mol. The van der Waals surface area contributed by atoms with Gasteiger partial charge in [0.15, 0.2) is 11.2 Å². The number of aromatic nitrogens is 5. The molecule has 0 spiro atoms. The van der Waals surface area contributed by atoms with E-state index in [9.17, 15) is 19.5 Å². The summed E-state index contributed by atoms with van der Waals surface area (Å²) in [5, 5.41) is 11.3. The Balaban J connectivity index is 2.26. The molecule has 0 aliphatic heterocycles. The number of nitrogens with zero attached hydrogens (tertiary/aromatic N) is 5. The molecule has 9 heteroatoms. The second-order valence-corrected chi connectivity index (χ2v) is 9.19. The first kappa shape index (κ1) is 25.5. The van der Waals surface area contributed by atoms with Gasteiger partial charge in [-0.2, -0.15) is 4.98 Å². The average molecular weight is 494 g/mol. The van der Waals surface area contributed by atoms with Crippen molar-refractivity contribution in [2.75, 3.05) is 0 Å². The Morgan fingerprint density at radius 3 is 2.17 bits per heavy atom. The molecule has 0 aliphatic rings. The summed E-state index contributed by atoms with van der Waals surface area (Å²) in [4.78, 5) is 45.6. The quantitative estimate of drug-likeness (QED) is 0.362. The maximum atomic E-state index is 13.8. The van der Waals surface area contributed by atoms with Crippen molar-refractivity contribution in [3.8, 4) is 11.6 Å². The van der Waals surface area contributed by atoms with Crippen LogP contribution in [0.1, 0.15) is 70.9 Å². The van der Waals surface area contributed by atoms with Gasteiger partial charge in [0.25, 0.3) is 11.1 Å². The first-order valence-corrected chi connectivity index (χ1v) is 13.0. The first-order valence-electron chi connectivity index (χ1n) is 13.0. The Morgan fingerprint density at radius 2 is 1.53 bits per heavy atom. The molecule has 36 heavy (non-hydrogen) atoms. The second-order valence-electron chi connectivity index (χ2n) is 9.19. The predicted molar refractivity (Wildman–Crippen MR) is 142 cm³/mol.